The minimum Gasteiger partial charge on any atom is -0.480 e. The molecular formula is C27H37ClN4O7. The average Bonchev–Trinajstić information content (AvgIpc) is 3.30. The smallest absolute Gasteiger partial charge is 0.326 e. The highest BCUT2D eigenvalue weighted by Gasteiger charge is 2.47. The number of rotatable bonds is 13. The number of aliphatic carboxylic acids is 2. The van der Waals surface area contributed by atoms with Gasteiger partial charge in [0.15, 0.2) is 0 Å². The van der Waals surface area contributed by atoms with Crippen molar-refractivity contribution in [2.75, 3.05) is 6.54 Å². The number of carbonyl (C=O) groups excluding carboxylic acids is 3. The van der Waals surface area contributed by atoms with Crippen LogP contribution in [-0.2, 0) is 19.2 Å². The van der Waals surface area contributed by atoms with Crippen molar-refractivity contribution in [2.24, 2.45) is 11.7 Å². The molecule has 0 aromatic heterocycles. The van der Waals surface area contributed by atoms with E-state index in [1.54, 1.807) is 18.2 Å². The molecule has 1 saturated carbocycles. The number of hydrogen-bond donors (Lipinski definition) is 5. The molecule has 3 amide bonds. The van der Waals surface area contributed by atoms with Crippen molar-refractivity contribution in [3.63, 3.8) is 0 Å². The third kappa shape index (κ3) is 7.92. The fourth-order valence-corrected chi connectivity index (χ4v) is 5.83. The maximum Gasteiger partial charge on any atom is 0.326 e. The molecule has 1 aromatic carbocycles. The number of carboxylic acids is 2. The Morgan fingerprint density at radius 2 is 1.72 bits per heavy atom. The third-order valence-electron chi connectivity index (χ3n) is 7.61. The molecule has 2 fully saturated rings. The van der Waals surface area contributed by atoms with Gasteiger partial charge < -0.3 is 31.5 Å². The second kappa shape index (κ2) is 14.3. The van der Waals surface area contributed by atoms with E-state index in [1.807, 2.05) is 0 Å². The van der Waals surface area contributed by atoms with Gasteiger partial charge in [-0.15, -0.1) is 0 Å². The largest absolute Gasteiger partial charge is 0.480 e. The van der Waals surface area contributed by atoms with E-state index in [2.05, 4.69) is 10.6 Å². The van der Waals surface area contributed by atoms with Crippen LogP contribution in [0.2, 0.25) is 5.02 Å². The minimum atomic E-state index is -1.40. The van der Waals surface area contributed by atoms with Crippen LogP contribution in [0.3, 0.4) is 0 Å². The molecule has 1 aliphatic carbocycles. The Morgan fingerprint density at radius 3 is 2.38 bits per heavy atom. The summed E-state index contributed by atoms with van der Waals surface area (Å²) in [6.07, 6.45) is 4.82. The van der Waals surface area contributed by atoms with Crippen molar-refractivity contribution in [1.29, 1.82) is 0 Å². The summed E-state index contributed by atoms with van der Waals surface area (Å²) >= 11 is 6.10. The summed E-state index contributed by atoms with van der Waals surface area (Å²) < 4.78 is 0. The lowest BCUT2D eigenvalue weighted by molar-refractivity contribution is -0.150. The van der Waals surface area contributed by atoms with Crippen LogP contribution in [0, 0.1) is 5.92 Å². The molecule has 39 heavy (non-hydrogen) atoms. The average molecular weight is 565 g/mol. The Hall–Kier alpha value is -3.18. The predicted molar refractivity (Wildman–Crippen MR) is 143 cm³/mol. The first kappa shape index (κ1) is 30.4. The first-order chi connectivity index (χ1) is 18.6. The van der Waals surface area contributed by atoms with E-state index >= 15 is 0 Å². The van der Waals surface area contributed by atoms with E-state index in [0.717, 1.165) is 25.7 Å². The normalized spacial score (nSPS) is 21.9. The maximum absolute atomic E-state index is 13.1. The van der Waals surface area contributed by atoms with E-state index in [4.69, 9.17) is 17.3 Å². The van der Waals surface area contributed by atoms with Crippen molar-refractivity contribution in [1.82, 2.24) is 15.5 Å². The lowest BCUT2D eigenvalue weighted by Crippen LogP contribution is -2.52. The second-order valence-electron chi connectivity index (χ2n) is 10.2. The SMILES string of the molecule is NCCCC[C@H](NC(=O)c1ccccc1Cl)C(=O)N[C@H](CCC(=O)N1[C@H](C(=O)O)C[C@@H]2CCCC[C@@H]21)C(=O)O. The number of fused-ring (bicyclic) bond motifs is 1. The number of benzene rings is 1. The van der Waals surface area contributed by atoms with Gasteiger partial charge in [0, 0.05) is 12.5 Å². The molecule has 0 bridgehead atoms. The molecule has 1 aromatic rings. The van der Waals surface area contributed by atoms with Crippen LogP contribution in [0.4, 0.5) is 0 Å². The fourth-order valence-electron chi connectivity index (χ4n) is 5.61. The van der Waals surface area contributed by atoms with Crippen LogP contribution in [0.15, 0.2) is 24.3 Å². The number of unbranched alkanes of at least 4 members (excludes halogenated alkanes) is 1. The zero-order valence-corrected chi connectivity index (χ0v) is 22.6. The molecule has 5 atom stereocenters. The van der Waals surface area contributed by atoms with Crippen LogP contribution >= 0.6 is 11.6 Å². The summed E-state index contributed by atoms with van der Waals surface area (Å²) in [5, 5.41) is 24.7. The molecule has 1 aliphatic heterocycles. The summed E-state index contributed by atoms with van der Waals surface area (Å²) in [5.74, 6) is -3.97. The van der Waals surface area contributed by atoms with E-state index < -0.39 is 47.8 Å². The molecule has 3 rings (SSSR count). The van der Waals surface area contributed by atoms with Crippen molar-refractivity contribution < 1.29 is 34.2 Å². The number of hydrogen-bond acceptors (Lipinski definition) is 6. The number of amides is 3. The molecule has 11 nitrogen and oxygen atoms in total. The van der Waals surface area contributed by atoms with Crippen molar-refractivity contribution in [3.8, 4) is 0 Å². The second-order valence-corrected chi connectivity index (χ2v) is 10.6. The van der Waals surface area contributed by atoms with E-state index in [1.165, 1.54) is 11.0 Å². The molecular weight excluding hydrogens is 528 g/mol. The summed E-state index contributed by atoms with van der Waals surface area (Å²) in [6.45, 7) is 0.391. The number of carbonyl (C=O) groups is 5. The first-order valence-electron chi connectivity index (χ1n) is 13.5. The van der Waals surface area contributed by atoms with Gasteiger partial charge in [0.05, 0.1) is 10.6 Å². The number of halogens is 1. The Balaban J connectivity index is 1.66. The highest BCUT2D eigenvalue weighted by atomic mass is 35.5. The maximum atomic E-state index is 13.1. The quantitative estimate of drug-likeness (QED) is 0.226. The van der Waals surface area contributed by atoms with Crippen LogP contribution in [0.5, 0.6) is 0 Å². The van der Waals surface area contributed by atoms with E-state index in [-0.39, 0.29) is 41.8 Å². The molecule has 1 saturated heterocycles. The Bertz CT molecular complexity index is 1070. The number of nitrogens with two attached hydrogens (primary N) is 1. The molecule has 6 N–H and O–H groups in total. The zero-order valence-electron chi connectivity index (χ0n) is 21.8. The van der Waals surface area contributed by atoms with Gasteiger partial charge in [-0.2, -0.15) is 0 Å². The van der Waals surface area contributed by atoms with E-state index in [0.29, 0.717) is 25.8 Å². The summed E-state index contributed by atoms with van der Waals surface area (Å²) in [6, 6.07) is 2.83. The Morgan fingerprint density at radius 1 is 1.00 bits per heavy atom. The Labute approximate surface area is 232 Å². The van der Waals surface area contributed by atoms with Crippen molar-refractivity contribution >= 4 is 41.3 Å². The van der Waals surface area contributed by atoms with Gasteiger partial charge in [0.25, 0.3) is 5.91 Å². The van der Waals surface area contributed by atoms with Gasteiger partial charge in [0.2, 0.25) is 11.8 Å². The van der Waals surface area contributed by atoms with Crippen LogP contribution in [-0.4, -0.2) is 75.5 Å². The molecule has 0 radical (unpaired) electrons. The van der Waals surface area contributed by atoms with Crippen LogP contribution in [0.25, 0.3) is 0 Å². The standard InChI is InChI=1S/C27H37ClN4O7/c28-18-9-3-2-8-17(18)24(34)30-19(10-5-6-14-29)25(35)31-20(26(36)37)12-13-23(33)32-21-11-4-1-7-16(21)15-22(32)27(38)39/h2-3,8-9,16,19-22H,1,4-7,10-15,29H2,(H,30,34)(H,31,35)(H,36,37)(H,38,39)/t16-,19-,20+,21-,22-/m0/s1. The van der Waals surface area contributed by atoms with Crippen molar-refractivity contribution in [3.05, 3.63) is 34.9 Å². The summed E-state index contributed by atoms with van der Waals surface area (Å²) in [4.78, 5) is 64.3. The van der Waals surface area contributed by atoms with Crippen LogP contribution < -0.4 is 16.4 Å². The number of likely N-dealkylation sites (tertiary alicyclic amines) is 1. The number of carboxylic acid groups (broad SMARTS) is 2. The lowest BCUT2D eigenvalue weighted by atomic mass is 9.84. The molecule has 0 unspecified atom stereocenters. The molecule has 0 spiro atoms. The van der Waals surface area contributed by atoms with Gasteiger partial charge >= 0.3 is 11.9 Å². The predicted octanol–water partition coefficient (Wildman–Crippen LogP) is 2.16. The molecule has 12 heteroatoms. The highest BCUT2D eigenvalue weighted by Crippen LogP contribution is 2.40. The first-order valence-corrected chi connectivity index (χ1v) is 13.8. The highest BCUT2D eigenvalue weighted by molar-refractivity contribution is 6.33. The van der Waals surface area contributed by atoms with Gasteiger partial charge in [-0.1, -0.05) is 36.6 Å². The third-order valence-corrected chi connectivity index (χ3v) is 7.94. The minimum absolute atomic E-state index is 0.134. The van der Waals surface area contributed by atoms with Gasteiger partial charge in [-0.05, 0) is 69.5 Å². The van der Waals surface area contributed by atoms with Crippen molar-refractivity contribution in [2.45, 2.75) is 88.4 Å². The number of nitrogens with one attached hydrogen (secondary N) is 2. The topological polar surface area (TPSA) is 179 Å². The monoisotopic (exact) mass is 564 g/mol. The fraction of sp³-hybridized carbons (Fsp3) is 0.593. The molecule has 1 heterocycles. The van der Waals surface area contributed by atoms with Gasteiger partial charge in [-0.3, -0.25) is 14.4 Å². The van der Waals surface area contributed by atoms with Gasteiger partial charge in [-0.25, -0.2) is 9.59 Å². The lowest BCUT2D eigenvalue weighted by Gasteiger charge is -2.33. The Kier molecular flexibility index (Phi) is 11.1. The zero-order chi connectivity index (χ0) is 28.5. The molecule has 2 aliphatic rings. The number of nitrogens with zero attached hydrogens (tertiary/aromatic N) is 1. The summed E-state index contributed by atoms with van der Waals surface area (Å²) in [7, 11) is 0. The molecule has 214 valence electrons. The summed E-state index contributed by atoms with van der Waals surface area (Å²) in [5.41, 5.74) is 5.73. The van der Waals surface area contributed by atoms with Gasteiger partial charge in [0.1, 0.15) is 18.1 Å². The van der Waals surface area contributed by atoms with Crippen LogP contribution in [0.1, 0.15) is 74.6 Å². The van der Waals surface area contributed by atoms with E-state index in [9.17, 15) is 34.2 Å².